The van der Waals surface area contributed by atoms with Crippen molar-refractivity contribution in [1.82, 2.24) is 0 Å². The molecule has 0 aliphatic heterocycles. The summed E-state index contributed by atoms with van der Waals surface area (Å²) < 4.78 is 2.95. The van der Waals surface area contributed by atoms with Crippen LogP contribution in [0.2, 0.25) is 4.34 Å². The zero-order valence-corrected chi connectivity index (χ0v) is 13.8. The van der Waals surface area contributed by atoms with Crippen molar-refractivity contribution < 1.29 is 0 Å². The highest BCUT2D eigenvalue weighted by molar-refractivity contribution is 9.12. The summed E-state index contributed by atoms with van der Waals surface area (Å²) in [7, 11) is 0. The van der Waals surface area contributed by atoms with Gasteiger partial charge in [0.25, 0.3) is 0 Å². The van der Waals surface area contributed by atoms with Crippen molar-refractivity contribution in [3.05, 3.63) is 40.0 Å². The lowest BCUT2D eigenvalue weighted by Crippen LogP contribution is -2.09. The van der Waals surface area contributed by atoms with Gasteiger partial charge in [0.2, 0.25) is 0 Å². The lowest BCUT2D eigenvalue weighted by atomic mass is 10.1. The van der Waals surface area contributed by atoms with Gasteiger partial charge < -0.3 is 5.73 Å². The molecule has 6 heteroatoms. The zero-order chi connectivity index (χ0) is 11.9. The molecule has 16 heavy (non-hydrogen) atoms. The summed E-state index contributed by atoms with van der Waals surface area (Å²) in [6.07, 6.45) is 0. The second-order valence-corrected chi connectivity index (χ2v) is 8.80. The summed E-state index contributed by atoms with van der Waals surface area (Å²) in [6, 6.07) is 3.98. The maximum atomic E-state index is 6.22. The van der Waals surface area contributed by atoms with Crippen LogP contribution in [0.3, 0.4) is 0 Å². The van der Waals surface area contributed by atoms with Crippen molar-refractivity contribution in [1.29, 1.82) is 0 Å². The Morgan fingerprint density at radius 3 is 2.44 bits per heavy atom. The summed E-state index contributed by atoms with van der Waals surface area (Å²) in [6.45, 7) is 1.99. The third-order valence-electron chi connectivity index (χ3n) is 2.20. The van der Waals surface area contributed by atoms with Crippen LogP contribution >= 0.6 is 66.1 Å². The lowest BCUT2D eigenvalue weighted by Gasteiger charge is -2.07. The molecule has 0 amide bonds. The van der Waals surface area contributed by atoms with Gasteiger partial charge in [-0.2, -0.15) is 0 Å². The number of hydrogen-bond donors (Lipinski definition) is 1. The Hall–Kier alpha value is 0.610. The maximum absolute atomic E-state index is 6.22. The molecule has 0 aliphatic carbocycles. The van der Waals surface area contributed by atoms with Crippen LogP contribution in [-0.2, 0) is 0 Å². The van der Waals surface area contributed by atoms with Crippen LogP contribution in [-0.4, -0.2) is 0 Å². The minimum absolute atomic E-state index is 0.117. The molecule has 1 atom stereocenters. The summed E-state index contributed by atoms with van der Waals surface area (Å²) in [4.78, 5) is 1.09. The highest BCUT2D eigenvalue weighted by atomic mass is 79.9. The van der Waals surface area contributed by atoms with E-state index in [0.717, 1.165) is 27.9 Å². The van der Waals surface area contributed by atoms with Crippen LogP contribution in [0.25, 0.3) is 0 Å². The predicted molar refractivity (Wildman–Crippen MR) is 79.8 cm³/mol. The Bertz CT molecular complexity index is 501. The maximum Gasteiger partial charge on any atom is 0.0961 e. The molecule has 0 fully saturated rings. The first-order valence-electron chi connectivity index (χ1n) is 4.45. The summed E-state index contributed by atoms with van der Waals surface area (Å²) >= 11 is 16.2. The zero-order valence-electron chi connectivity index (χ0n) is 8.26. The number of aryl methyl sites for hydroxylation is 1. The average Bonchev–Trinajstić information content (AvgIpc) is 2.70. The molecule has 0 radical (unpaired) electrons. The van der Waals surface area contributed by atoms with Crippen LogP contribution in [0.15, 0.2) is 19.7 Å². The molecule has 0 aliphatic rings. The molecule has 2 heterocycles. The molecule has 0 saturated heterocycles. The highest BCUT2D eigenvalue weighted by Gasteiger charge is 2.17. The quantitative estimate of drug-likeness (QED) is 0.722. The van der Waals surface area contributed by atoms with E-state index < -0.39 is 0 Å². The molecule has 0 aromatic carbocycles. The Morgan fingerprint density at radius 1 is 1.31 bits per heavy atom. The molecule has 2 N–H and O–H groups in total. The largest absolute Gasteiger partial charge is 0.320 e. The van der Waals surface area contributed by atoms with Crippen molar-refractivity contribution in [3.8, 4) is 0 Å². The first-order valence-corrected chi connectivity index (χ1v) is 8.05. The molecule has 0 saturated carbocycles. The average molecular weight is 402 g/mol. The molecule has 2 aromatic heterocycles. The van der Waals surface area contributed by atoms with Crippen LogP contribution in [0, 0.1) is 6.92 Å². The smallest absolute Gasteiger partial charge is 0.0961 e. The van der Waals surface area contributed by atoms with E-state index in [4.69, 9.17) is 17.3 Å². The number of nitrogens with two attached hydrogens (primary N) is 1. The van der Waals surface area contributed by atoms with Gasteiger partial charge in [0.1, 0.15) is 0 Å². The van der Waals surface area contributed by atoms with Crippen LogP contribution in [0.1, 0.15) is 22.0 Å². The molecule has 0 bridgehead atoms. The van der Waals surface area contributed by atoms with Gasteiger partial charge in [-0.25, -0.2) is 0 Å². The topological polar surface area (TPSA) is 26.0 Å². The second-order valence-electron chi connectivity index (χ2n) is 3.36. The standard InChI is InChI=1S/C10H8Br2ClNS2/c1-4-2-6(15-10(4)13)8(14)5-3-7(11)16-9(5)12/h2-3,8H,14H2,1H3. The monoisotopic (exact) mass is 399 g/mol. The van der Waals surface area contributed by atoms with E-state index in [1.54, 1.807) is 22.7 Å². The summed E-state index contributed by atoms with van der Waals surface area (Å²) in [5.74, 6) is 0. The molecule has 0 spiro atoms. The molecule has 1 nitrogen and oxygen atoms in total. The fourth-order valence-electron chi connectivity index (χ4n) is 1.36. The Kier molecular flexibility index (Phi) is 4.14. The van der Waals surface area contributed by atoms with E-state index in [0.29, 0.717) is 0 Å². The SMILES string of the molecule is Cc1cc(C(N)c2cc(Br)sc2Br)sc1Cl. The number of rotatable bonds is 2. The van der Waals surface area contributed by atoms with Crippen LogP contribution in [0.5, 0.6) is 0 Å². The Labute approximate surface area is 124 Å². The van der Waals surface area contributed by atoms with Gasteiger partial charge in [0.15, 0.2) is 0 Å². The Balaban J connectivity index is 2.38. The van der Waals surface area contributed by atoms with Gasteiger partial charge in [-0.1, -0.05) is 11.6 Å². The van der Waals surface area contributed by atoms with Crippen LogP contribution < -0.4 is 5.73 Å². The van der Waals surface area contributed by atoms with Gasteiger partial charge in [-0.3, -0.25) is 0 Å². The first-order chi connectivity index (χ1) is 7.49. The Morgan fingerprint density at radius 2 is 2.00 bits per heavy atom. The van der Waals surface area contributed by atoms with E-state index in [1.807, 2.05) is 13.0 Å². The molecule has 1 unspecified atom stereocenters. The van der Waals surface area contributed by atoms with Crippen molar-refractivity contribution in [2.75, 3.05) is 0 Å². The highest BCUT2D eigenvalue weighted by Crippen LogP contribution is 2.39. The number of hydrogen-bond acceptors (Lipinski definition) is 3. The normalized spacial score (nSPS) is 13.1. The fourth-order valence-corrected chi connectivity index (χ4v) is 5.52. The van der Waals surface area contributed by atoms with E-state index in [1.165, 1.54) is 0 Å². The van der Waals surface area contributed by atoms with E-state index in [2.05, 4.69) is 37.9 Å². The predicted octanol–water partition coefficient (Wildman–Crippen LogP) is 5.34. The van der Waals surface area contributed by atoms with Crippen molar-refractivity contribution in [3.63, 3.8) is 0 Å². The summed E-state index contributed by atoms with van der Waals surface area (Å²) in [5.41, 5.74) is 8.40. The van der Waals surface area contributed by atoms with Gasteiger partial charge in [-0.15, -0.1) is 22.7 Å². The molecule has 2 rings (SSSR count). The molecule has 2 aromatic rings. The minimum Gasteiger partial charge on any atom is -0.320 e. The molecule has 86 valence electrons. The van der Waals surface area contributed by atoms with Crippen molar-refractivity contribution in [2.24, 2.45) is 5.73 Å². The molecular weight excluding hydrogens is 394 g/mol. The van der Waals surface area contributed by atoms with Crippen molar-refractivity contribution in [2.45, 2.75) is 13.0 Å². The van der Waals surface area contributed by atoms with Crippen molar-refractivity contribution >= 4 is 66.1 Å². The first kappa shape index (κ1) is 13.1. The summed E-state index contributed by atoms with van der Waals surface area (Å²) in [5, 5.41) is 0. The minimum atomic E-state index is -0.117. The molecular formula is C10H8Br2ClNS2. The van der Waals surface area contributed by atoms with E-state index in [-0.39, 0.29) is 6.04 Å². The third kappa shape index (κ3) is 2.54. The van der Waals surface area contributed by atoms with Gasteiger partial charge in [0.05, 0.1) is 18.0 Å². The number of thiophene rings is 2. The van der Waals surface area contributed by atoms with Gasteiger partial charge >= 0.3 is 0 Å². The van der Waals surface area contributed by atoms with E-state index >= 15 is 0 Å². The lowest BCUT2D eigenvalue weighted by molar-refractivity contribution is 0.893. The fraction of sp³-hybridized carbons (Fsp3) is 0.200. The second kappa shape index (κ2) is 5.08. The number of halogens is 3. The van der Waals surface area contributed by atoms with Gasteiger partial charge in [0, 0.05) is 10.4 Å². The van der Waals surface area contributed by atoms with Crippen LogP contribution in [0.4, 0.5) is 0 Å². The van der Waals surface area contributed by atoms with E-state index in [9.17, 15) is 0 Å². The third-order valence-corrected chi connectivity index (χ3v) is 6.22. The van der Waals surface area contributed by atoms with Gasteiger partial charge in [-0.05, 0) is 56.5 Å².